The fourth-order valence-corrected chi connectivity index (χ4v) is 4.40. The summed E-state index contributed by atoms with van der Waals surface area (Å²) >= 11 is 0. The third-order valence-electron chi connectivity index (χ3n) is 5.91. The molecule has 2 aromatic heterocycles. The average Bonchev–Trinajstić information content (AvgIpc) is 3.37. The predicted octanol–water partition coefficient (Wildman–Crippen LogP) is 2.15. The Morgan fingerprint density at radius 2 is 1.79 bits per heavy atom. The number of aromatic hydroxyl groups is 1. The molecule has 5 rings (SSSR count). The first-order valence-electron chi connectivity index (χ1n) is 9.70. The molecule has 8 heteroatoms. The maximum atomic E-state index is 10.4. The van der Waals surface area contributed by atoms with E-state index in [9.17, 15) is 5.11 Å². The van der Waals surface area contributed by atoms with Crippen LogP contribution in [0.2, 0.25) is 0 Å². The summed E-state index contributed by atoms with van der Waals surface area (Å²) in [6, 6.07) is 10.9. The molecule has 1 aromatic carbocycles. The van der Waals surface area contributed by atoms with E-state index in [1.165, 1.54) is 17.6 Å². The van der Waals surface area contributed by atoms with Crippen LogP contribution in [0.1, 0.15) is 25.7 Å². The highest BCUT2D eigenvalue weighted by Crippen LogP contribution is 2.32. The van der Waals surface area contributed by atoms with Crippen molar-refractivity contribution in [2.45, 2.75) is 43.8 Å². The Morgan fingerprint density at radius 3 is 2.43 bits per heavy atom. The predicted molar refractivity (Wildman–Crippen MR) is 105 cm³/mol. The van der Waals surface area contributed by atoms with E-state index in [4.69, 9.17) is 0 Å². The van der Waals surface area contributed by atoms with Crippen LogP contribution in [0.5, 0.6) is 5.75 Å². The number of piperidine rings is 1. The largest absolute Gasteiger partial charge is 0.507 e. The van der Waals surface area contributed by atoms with Gasteiger partial charge in [0.25, 0.3) is 0 Å². The van der Waals surface area contributed by atoms with Gasteiger partial charge in [0.05, 0.1) is 23.8 Å². The van der Waals surface area contributed by atoms with Gasteiger partial charge in [-0.05, 0) is 49.9 Å². The number of anilines is 1. The third-order valence-corrected chi connectivity index (χ3v) is 5.91. The topological polar surface area (TPSA) is 92.0 Å². The number of phenols is 1. The Labute approximate surface area is 163 Å². The Kier molecular flexibility index (Phi) is 4.20. The summed E-state index contributed by atoms with van der Waals surface area (Å²) in [6.07, 6.45) is 8.06. The lowest BCUT2D eigenvalue weighted by atomic mass is 9.98. The first-order chi connectivity index (χ1) is 13.7. The highest BCUT2D eigenvalue weighted by atomic mass is 16.3. The summed E-state index contributed by atoms with van der Waals surface area (Å²) < 4.78 is 0. The molecule has 2 aliphatic rings. The van der Waals surface area contributed by atoms with Gasteiger partial charge in [-0.15, -0.1) is 10.2 Å². The third kappa shape index (κ3) is 3.09. The van der Waals surface area contributed by atoms with Gasteiger partial charge >= 0.3 is 0 Å². The number of nitrogens with zero attached hydrogens (tertiary/aromatic N) is 6. The van der Waals surface area contributed by atoms with E-state index in [0.29, 0.717) is 35.1 Å². The van der Waals surface area contributed by atoms with Crippen LogP contribution in [0, 0.1) is 0 Å². The molecular weight excluding hydrogens is 354 g/mol. The smallest absolute Gasteiger partial charge is 0.151 e. The maximum absolute atomic E-state index is 10.4. The second-order valence-electron chi connectivity index (χ2n) is 7.67. The molecule has 28 heavy (non-hydrogen) atoms. The van der Waals surface area contributed by atoms with Gasteiger partial charge in [-0.2, -0.15) is 15.0 Å². The molecule has 8 nitrogen and oxygen atoms in total. The van der Waals surface area contributed by atoms with Crippen LogP contribution in [-0.4, -0.2) is 55.5 Å². The Hall–Kier alpha value is -3.00. The Bertz CT molecular complexity index is 945. The summed E-state index contributed by atoms with van der Waals surface area (Å²) in [5.74, 6) is 0.993. The number of benzene rings is 1. The molecule has 0 aliphatic carbocycles. The second kappa shape index (κ2) is 6.87. The van der Waals surface area contributed by atoms with Crippen molar-refractivity contribution in [3.8, 4) is 22.7 Å². The number of fused-ring (bicyclic) bond motifs is 2. The van der Waals surface area contributed by atoms with E-state index >= 15 is 0 Å². The first kappa shape index (κ1) is 17.1. The van der Waals surface area contributed by atoms with Gasteiger partial charge in [0.2, 0.25) is 0 Å². The molecule has 2 fully saturated rings. The van der Waals surface area contributed by atoms with E-state index in [2.05, 4.69) is 37.7 Å². The molecule has 2 bridgehead atoms. The van der Waals surface area contributed by atoms with Crippen molar-refractivity contribution >= 4 is 5.82 Å². The molecule has 4 heterocycles. The molecular formula is C20H23N7O. The number of aromatic nitrogens is 5. The minimum atomic E-state index is 0.125. The van der Waals surface area contributed by atoms with Gasteiger partial charge in [-0.25, -0.2) is 0 Å². The SMILES string of the molecule is CN(c1ccc(-c2ccc(-n3nccn3)cc2O)nn1)C1C[C@H]2CC[C@@H](C1)N2. The van der Waals surface area contributed by atoms with Crippen LogP contribution >= 0.6 is 0 Å². The maximum Gasteiger partial charge on any atom is 0.151 e. The molecule has 0 spiro atoms. The Morgan fingerprint density at radius 1 is 1.04 bits per heavy atom. The number of phenolic OH excluding ortho intramolecular Hbond substituents is 1. The molecule has 144 valence electrons. The molecule has 0 amide bonds. The van der Waals surface area contributed by atoms with Crippen LogP contribution in [0.4, 0.5) is 5.82 Å². The van der Waals surface area contributed by atoms with Gasteiger partial charge in [0.15, 0.2) is 5.82 Å². The quantitative estimate of drug-likeness (QED) is 0.720. The molecule has 0 saturated carbocycles. The number of nitrogens with one attached hydrogen (secondary N) is 1. The lowest BCUT2D eigenvalue weighted by molar-refractivity contribution is 0.353. The molecule has 3 aromatic rings. The number of rotatable bonds is 4. The fourth-order valence-electron chi connectivity index (χ4n) is 4.40. The van der Waals surface area contributed by atoms with Crippen LogP contribution in [0.3, 0.4) is 0 Å². The van der Waals surface area contributed by atoms with E-state index in [1.54, 1.807) is 18.5 Å². The summed E-state index contributed by atoms with van der Waals surface area (Å²) in [5.41, 5.74) is 1.97. The summed E-state index contributed by atoms with van der Waals surface area (Å²) in [5, 5.41) is 31.1. The van der Waals surface area contributed by atoms with Crippen molar-refractivity contribution < 1.29 is 5.11 Å². The summed E-state index contributed by atoms with van der Waals surface area (Å²) in [7, 11) is 2.10. The number of hydrogen-bond donors (Lipinski definition) is 2. The molecule has 2 N–H and O–H groups in total. The average molecular weight is 377 g/mol. The van der Waals surface area contributed by atoms with Gasteiger partial charge < -0.3 is 15.3 Å². The zero-order valence-electron chi connectivity index (χ0n) is 15.7. The van der Waals surface area contributed by atoms with Crippen molar-refractivity contribution in [1.82, 2.24) is 30.5 Å². The van der Waals surface area contributed by atoms with Crippen molar-refractivity contribution in [1.29, 1.82) is 0 Å². The van der Waals surface area contributed by atoms with Gasteiger partial charge in [0.1, 0.15) is 5.75 Å². The highest BCUT2D eigenvalue weighted by molar-refractivity contribution is 5.68. The zero-order valence-corrected chi connectivity index (χ0v) is 15.7. The van der Waals surface area contributed by atoms with E-state index < -0.39 is 0 Å². The van der Waals surface area contributed by atoms with Crippen LogP contribution < -0.4 is 10.2 Å². The monoisotopic (exact) mass is 377 g/mol. The minimum Gasteiger partial charge on any atom is -0.507 e. The zero-order chi connectivity index (χ0) is 19.1. The molecule has 0 radical (unpaired) electrons. The summed E-state index contributed by atoms with van der Waals surface area (Å²) in [6.45, 7) is 0. The van der Waals surface area contributed by atoms with Crippen molar-refractivity contribution in [3.63, 3.8) is 0 Å². The van der Waals surface area contributed by atoms with E-state index in [-0.39, 0.29) is 5.75 Å². The fraction of sp³-hybridized carbons (Fsp3) is 0.400. The van der Waals surface area contributed by atoms with Gasteiger partial charge in [-0.3, -0.25) is 0 Å². The molecule has 2 aliphatic heterocycles. The molecule has 2 saturated heterocycles. The first-order valence-corrected chi connectivity index (χ1v) is 9.70. The lowest BCUT2D eigenvalue weighted by Crippen LogP contribution is -2.47. The molecule has 3 atom stereocenters. The normalized spacial score (nSPS) is 23.7. The highest BCUT2D eigenvalue weighted by Gasteiger charge is 2.35. The second-order valence-corrected chi connectivity index (χ2v) is 7.67. The van der Waals surface area contributed by atoms with Gasteiger partial charge in [-0.1, -0.05) is 0 Å². The number of hydrogen-bond acceptors (Lipinski definition) is 7. The van der Waals surface area contributed by atoms with Crippen LogP contribution in [0.25, 0.3) is 16.9 Å². The van der Waals surface area contributed by atoms with E-state index in [0.717, 1.165) is 18.7 Å². The van der Waals surface area contributed by atoms with Crippen LogP contribution in [-0.2, 0) is 0 Å². The summed E-state index contributed by atoms with van der Waals surface area (Å²) in [4.78, 5) is 3.70. The van der Waals surface area contributed by atoms with Crippen LogP contribution in [0.15, 0.2) is 42.7 Å². The van der Waals surface area contributed by atoms with Crippen molar-refractivity contribution in [2.24, 2.45) is 0 Å². The minimum absolute atomic E-state index is 0.125. The molecule has 1 unspecified atom stereocenters. The lowest BCUT2D eigenvalue weighted by Gasteiger charge is -2.36. The van der Waals surface area contributed by atoms with E-state index in [1.807, 2.05) is 24.3 Å². The standard InChI is InChI=1S/C20H23N7O/c1-26(16-10-13-2-3-14(11-16)23-13)20-7-6-18(24-25-20)17-5-4-15(12-19(17)28)27-21-8-9-22-27/h4-9,12-14,16,23,28H,2-3,10-11H2,1H3/t13-,14+,16?. The van der Waals surface area contributed by atoms with Crippen molar-refractivity contribution in [2.75, 3.05) is 11.9 Å². The van der Waals surface area contributed by atoms with Gasteiger partial charge in [0, 0.05) is 36.8 Å². The Balaban J connectivity index is 1.35. The van der Waals surface area contributed by atoms with Crippen molar-refractivity contribution in [3.05, 3.63) is 42.7 Å².